The van der Waals surface area contributed by atoms with E-state index < -0.39 is 180 Å². The predicted molar refractivity (Wildman–Crippen MR) is 397 cm³/mol. The summed E-state index contributed by atoms with van der Waals surface area (Å²) in [6.45, 7) is 3.16. The summed E-state index contributed by atoms with van der Waals surface area (Å²) in [5.74, 6) is -3.40. The number of benzene rings is 1. The molecule has 3 fully saturated rings. The van der Waals surface area contributed by atoms with Gasteiger partial charge in [-0.1, -0.05) is 91.5 Å². The lowest BCUT2D eigenvalue weighted by Crippen LogP contribution is -2.46. The number of amides is 4. The van der Waals surface area contributed by atoms with E-state index in [-0.39, 0.29) is 97.4 Å². The summed E-state index contributed by atoms with van der Waals surface area (Å²) in [4.78, 5) is 198. The Labute approximate surface area is 686 Å². The Morgan fingerprint density at radius 1 is 0.533 bits per heavy atom. The molecular formula is C66H96N14O34P6-8. The quantitative estimate of drug-likeness (QED) is 0.0141. The van der Waals surface area contributed by atoms with Crippen LogP contribution in [0, 0.1) is 21.7 Å². The van der Waals surface area contributed by atoms with Crippen molar-refractivity contribution in [3.8, 4) is 0 Å². The molecule has 0 radical (unpaired) electrons. The molecule has 1 aromatic carbocycles. The van der Waals surface area contributed by atoms with Gasteiger partial charge in [0.2, 0.25) is 23.6 Å². The van der Waals surface area contributed by atoms with Gasteiger partial charge in [-0.05, 0) is 62.5 Å². The lowest BCUT2D eigenvalue weighted by atomic mass is 9.81. The number of nitrogens with one attached hydrogen (secondary N) is 4. The zero-order valence-corrected chi connectivity index (χ0v) is 71.2. The maximum atomic E-state index is 13.3. The van der Waals surface area contributed by atoms with Crippen LogP contribution in [0.15, 0.2) is 49.6 Å². The first kappa shape index (κ1) is 99.1. The first-order valence-corrected chi connectivity index (χ1v) is 46.4. The highest BCUT2D eigenvalue weighted by Gasteiger charge is 2.51. The molecule has 4 aromatic heterocycles. The Kier molecular flexibility index (Phi) is 34.4. The Balaban J connectivity index is 0.620. The van der Waals surface area contributed by atoms with Gasteiger partial charge >= 0.3 is 0 Å². The first-order valence-electron chi connectivity index (χ1n) is 37.6. The van der Waals surface area contributed by atoms with Gasteiger partial charge in [-0.2, -0.15) is 0 Å². The fourth-order valence-corrected chi connectivity index (χ4v) is 18.4. The zero-order chi connectivity index (χ0) is 88.8. The molecule has 1 aliphatic carbocycles. The van der Waals surface area contributed by atoms with Gasteiger partial charge < -0.3 is 138 Å². The molecule has 672 valence electrons. The number of rotatable bonds is 52. The molecule has 2 saturated heterocycles. The number of aryl methyl sites for hydroxylation is 2. The van der Waals surface area contributed by atoms with Crippen molar-refractivity contribution in [2.75, 3.05) is 64.1 Å². The molecular weight excluding hydrogens is 1720 g/mol. The zero-order valence-electron chi connectivity index (χ0n) is 65.8. The highest BCUT2D eigenvalue weighted by molar-refractivity contribution is 7.60. The van der Waals surface area contributed by atoms with E-state index in [0.29, 0.717) is 6.42 Å². The Hall–Kier alpha value is -6.36. The number of carbonyl (C=O) groups is 6. The highest BCUT2D eigenvalue weighted by atomic mass is 31.3. The summed E-state index contributed by atoms with van der Waals surface area (Å²) < 4.78 is 123. The normalized spacial score (nSPS) is 22.2. The third kappa shape index (κ3) is 29.1. The SMILES string of the molecule is CC(C)(CCCCCc1ccc(CCCCCC2(C(=O)CCNC(=O)CCNC(=O)C(O)C(C)(C)COP(=O)([O-])OP(=O)([O-])OCC3OC(n4cnc5c(N)ncnc54)C(O)C3OP(=O)([O-])[O-])CC2)cc1)C(=O)CCNC(=O)CCNC(=O)C(O)C(C)(C)COP(=O)([O-])OP(=O)([O-])OCC1OC(n2cnc3c(N)ncnc32)C(O)C1OP(=O)([O-])[O-]. The molecule has 1 saturated carbocycles. The van der Waals surface area contributed by atoms with E-state index in [1.54, 1.807) is 0 Å². The molecule has 0 spiro atoms. The number of aromatic nitrogens is 8. The number of fused-ring (bicyclic) bond motifs is 2. The minimum atomic E-state index is -5.99. The van der Waals surface area contributed by atoms with Crippen LogP contribution in [0.4, 0.5) is 11.6 Å². The van der Waals surface area contributed by atoms with Gasteiger partial charge in [-0.3, -0.25) is 56.2 Å². The highest BCUT2D eigenvalue weighted by Crippen LogP contribution is 2.59. The number of nitrogens with zero attached hydrogens (tertiary/aromatic N) is 8. The second-order valence-corrected chi connectivity index (χ2v) is 39.0. The fourth-order valence-electron chi connectivity index (χ4n) is 12.9. The number of phosphoric acid groups is 6. The van der Waals surface area contributed by atoms with Crippen LogP contribution in [0.3, 0.4) is 0 Å². The molecule has 14 unspecified atom stereocenters. The number of nitrogen functional groups attached to an aromatic ring is 2. The second kappa shape index (κ2) is 41.6. The number of Topliss-reactive ketones (excluding diaryl/α,β-unsaturated/α-hetero) is 2. The van der Waals surface area contributed by atoms with Crippen LogP contribution in [0.2, 0.25) is 0 Å². The molecule has 6 heterocycles. The number of ketones is 2. The lowest BCUT2D eigenvalue weighted by Gasteiger charge is -2.36. The summed E-state index contributed by atoms with van der Waals surface area (Å²) in [5.41, 5.74) is 9.22. The summed E-state index contributed by atoms with van der Waals surface area (Å²) in [5, 5.41) is 53.3. The molecule has 0 bridgehead atoms. The largest absolute Gasteiger partial charge is 0.790 e. The van der Waals surface area contributed by atoms with Crippen LogP contribution in [0.1, 0.15) is 155 Å². The topological polar surface area (TPSA) is 750 Å². The second-order valence-electron chi connectivity index (χ2n) is 30.9. The minimum Gasteiger partial charge on any atom is -0.790 e. The number of aliphatic hydroxyl groups is 4. The van der Waals surface area contributed by atoms with Gasteiger partial charge in [0.1, 0.15) is 84.1 Å². The summed E-state index contributed by atoms with van der Waals surface area (Å²) >= 11 is 0. The summed E-state index contributed by atoms with van der Waals surface area (Å²) in [7, 11) is -35.6. The van der Waals surface area contributed by atoms with E-state index in [9.17, 15) is 116 Å². The third-order valence-electron chi connectivity index (χ3n) is 20.1. The Bertz CT molecular complexity index is 4430. The monoisotopic (exact) mass is 1810 g/mol. The summed E-state index contributed by atoms with van der Waals surface area (Å²) in [6.07, 6.45) is -5.98. The van der Waals surface area contributed by atoms with Crippen molar-refractivity contribution < 1.29 is 161 Å². The van der Waals surface area contributed by atoms with Crippen molar-refractivity contribution in [1.82, 2.24) is 60.3 Å². The number of hydrogen-bond donors (Lipinski definition) is 10. The third-order valence-corrected chi connectivity index (χ3v) is 26.1. The molecule has 8 rings (SSSR count). The molecule has 12 N–H and O–H groups in total. The Morgan fingerprint density at radius 2 is 0.917 bits per heavy atom. The maximum Gasteiger partial charge on any atom is 0.274 e. The fraction of sp³-hybridized carbons (Fsp3) is 0.667. The van der Waals surface area contributed by atoms with E-state index in [1.807, 2.05) is 13.8 Å². The molecule has 14 atom stereocenters. The van der Waals surface area contributed by atoms with Gasteiger partial charge in [0, 0.05) is 73.5 Å². The molecule has 5 aromatic rings. The molecule has 54 heteroatoms. The number of aliphatic hydroxyl groups excluding tert-OH is 4. The Morgan fingerprint density at radius 3 is 1.32 bits per heavy atom. The van der Waals surface area contributed by atoms with Crippen LogP contribution in [-0.4, -0.2) is 196 Å². The van der Waals surface area contributed by atoms with E-state index in [4.69, 9.17) is 20.9 Å². The average Bonchev–Trinajstić information content (AvgIpc) is 1.62. The van der Waals surface area contributed by atoms with Gasteiger partial charge in [0.15, 0.2) is 35.4 Å². The maximum absolute atomic E-state index is 13.3. The number of phosphoric ester groups is 6. The number of imidazole rings is 2. The van der Waals surface area contributed by atoms with Gasteiger partial charge in [0.05, 0.1) is 54.7 Å². The number of hydrogen-bond acceptors (Lipinski definition) is 42. The molecule has 2 aliphatic heterocycles. The van der Waals surface area contributed by atoms with Crippen molar-refractivity contribution in [3.05, 3.63) is 60.7 Å². The van der Waals surface area contributed by atoms with E-state index in [0.717, 1.165) is 105 Å². The number of carbonyl (C=O) groups excluding carboxylic acids is 6. The van der Waals surface area contributed by atoms with Crippen LogP contribution in [-0.2, 0) is 114 Å². The lowest BCUT2D eigenvalue weighted by molar-refractivity contribution is -0.348. The van der Waals surface area contributed by atoms with Crippen LogP contribution in [0.25, 0.3) is 22.3 Å². The van der Waals surface area contributed by atoms with Crippen LogP contribution < -0.4 is 71.9 Å². The van der Waals surface area contributed by atoms with Crippen molar-refractivity contribution in [1.29, 1.82) is 0 Å². The van der Waals surface area contributed by atoms with E-state index in [1.165, 1.54) is 38.8 Å². The smallest absolute Gasteiger partial charge is 0.274 e. The number of nitrogens with two attached hydrogens (primary N) is 2. The number of anilines is 2. The van der Waals surface area contributed by atoms with E-state index >= 15 is 0 Å². The number of ether oxygens (including phenoxy) is 2. The van der Waals surface area contributed by atoms with Crippen LogP contribution >= 0.6 is 46.9 Å². The van der Waals surface area contributed by atoms with Crippen molar-refractivity contribution in [3.63, 3.8) is 0 Å². The standard InChI is InChI=1S/C66H104N14O34P6/c1-63(2,43(81)19-27-69-45(83)21-29-71-59(89)53(87)64(3,4)33-107-119(101,102)113-117(97,98)105-31-41-51(111-115(91,92)93)49(85)61(109-41)79-37-77-47-55(67)73-35-75-57(47)79)23-11-7-9-13-39-15-17-40(18-16-39)14-10-8-12-24-66(25-26-66)44(82)20-28-70-46(84)22-30-72-60(90)54(88)65(5,6)34-108-120(103,104)114-118(99,100)106-32-42-52(112-116(94,95)96)50(86)62(110-42)80-38-78-48-56(68)74-36-76-58(48)80/h15-18,35-38,41-42,49-54,61-62,85-88H,7-14,19-34H2,1-6H3,(H,69,83)(H,70,84)(H,71,89)(H,72,90)(H,97,98)(H,99,100)(H,101,102)(H,103,104)(H2,67,73,75)(H2,68,74,76)(H2,91,92,93)(H2,94,95,96)/p-8. The van der Waals surface area contributed by atoms with Crippen molar-refractivity contribution >= 4 is 116 Å². The predicted octanol–water partition coefficient (Wildman–Crippen LogP) is -2.60. The molecule has 3 aliphatic rings. The first-order chi connectivity index (χ1) is 55.8. The van der Waals surface area contributed by atoms with Gasteiger partial charge in [0.25, 0.3) is 31.3 Å². The number of unbranched alkanes of at least 4 members (excludes halogenated alkanes) is 4. The van der Waals surface area contributed by atoms with Crippen LogP contribution in [0.5, 0.6) is 0 Å². The summed E-state index contributed by atoms with van der Waals surface area (Å²) in [6, 6.07) is 8.40. The van der Waals surface area contributed by atoms with E-state index in [2.05, 4.69) is 111 Å². The molecule has 4 amide bonds. The molecule has 48 nitrogen and oxygen atoms in total. The molecule has 120 heavy (non-hydrogen) atoms. The van der Waals surface area contributed by atoms with Gasteiger partial charge in [-0.25, -0.2) is 38.5 Å². The van der Waals surface area contributed by atoms with Crippen molar-refractivity contribution in [2.24, 2.45) is 21.7 Å². The van der Waals surface area contributed by atoms with Crippen molar-refractivity contribution in [2.45, 2.75) is 206 Å². The average molecular weight is 1820 g/mol. The minimum absolute atomic E-state index is 0.0119. The van der Waals surface area contributed by atoms with Gasteiger partial charge in [-0.15, -0.1) is 0 Å².